The van der Waals surface area contributed by atoms with Gasteiger partial charge in [0.2, 0.25) is 0 Å². The van der Waals surface area contributed by atoms with E-state index in [1.54, 1.807) is 0 Å². The molecule has 0 aliphatic heterocycles. The molecule has 1 atom stereocenters. The predicted molar refractivity (Wildman–Crippen MR) is 121 cm³/mol. The Balaban J connectivity index is 0. The Hall–Kier alpha value is -1.47. The van der Waals surface area contributed by atoms with Gasteiger partial charge >= 0.3 is 17.9 Å². The van der Waals surface area contributed by atoms with E-state index in [2.05, 4.69) is 11.7 Å². The molecular weight excluding hydrogens is 384 g/mol. The van der Waals surface area contributed by atoms with E-state index in [9.17, 15) is 14.4 Å². The number of carbonyl (C=O) groups excluding carboxylic acids is 2. The molecule has 6 N–H and O–H groups in total. The molecule has 0 fully saturated rings. The number of carboxylic acid groups (broad SMARTS) is 1. The Kier molecular flexibility index (Phi) is 22.8. The van der Waals surface area contributed by atoms with Gasteiger partial charge in [-0.3, -0.25) is 9.59 Å². The summed E-state index contributed by atoms with van der Waals surface area (Å²) >= 11 is 0. The Morgan fingerprint density at radius 2 is 1.13 bits per heavy atom. The second kappa shape index (κ2) is 22.2. The number of hydrogen-bond acceptors (Lipinski definition) is 6. The second-order valence-corrected chi connectivity index (χ2v) is 8.03. The molecule has 0 saturated carbocycles. The lowest BCUT2D eigenvalue weighted by molar-refractivity contribution is -0.160. The average molecular weight is 431 g/mol. The Morgan fingerprint density at radius 3 is 1.53 bits per heavy atom. The minimum atomic E-state index is -1.06. The predicted octanol–water partition coefficient (Wildman–Crippen LogP) is 5.67. The Bertz CT molecular complexity index is 443. The van der Waals surface area contributed by atoms with Crippen LogP contribution in [0.1, 0.15) is 122 Å². The first-order valence-corrected chi connectivity index (χ1v) is 11.7. The van der Waals surface area contributed by atoms with Gasteiger partial charge in [-0.2, -0.15) is 0 Å². The lowest BCUT2D eigenvalue weighted by Gasteiger charge is -2.09. The Morgan fingerprint density at radius 1 is 0.733 bits per heavy atom. The molecule has 0 saturated heterocycles. The van der Waals surface area contributed by atoms with Crippen LogP contribution < -0.4 is 11.9 Å². The summed E-state index contributed by atoms with van der Waals surface area (Å²) in [7, 11) is 0. The molecule has 178 valence electrons. The van der Waals surface area contributed by atoms with E-state index < -0.39 is 23.9 Å². The number of rotatable bonds is 20. The number of unbranched alkanes of at least 4 members (excludes halogenated alkanes) is 14. The van der Waals surface area contributed by atoms with Gasteiger partial charge in [-0.25, -0.2) is 4.79 Å². The first-order valence-electron chi connectivity index (χ1n) is 11.7. The van der Waals surface area contributed by atoms with Crippen LogP contribution in [0.4, 0.5) is 0 Å². The van der Waals surface area contributed by atoms with Crippen LogP contribution in [-0.2, 0) is 19.1 Å². The molecule has 0 amide bonds. The van der Waals surface area contributed by atoms with Gasteiger partial charge in [0.25, 0.3) is 0 Å². The van der Waals surface area contributed by atoms with Gasteiger partial charge in [0, 0.05) is 12.8 Å². The average Bonchev–Trinajstić information content (AvgIpc) is 2.68. The summed E-state index contributed by atoms with van der Waals surface area (Å²) in [5, 5.41) is 8.55. The van der Waals surface area contributed by atoms with Gasteiger partial charge < -0.3 is 21.7 Å². The van der Waals surface area contributed by atoms with E-state index in [0.29, 0.717) is 6.42 Å². The van der Waals surface area contributed by atoms with Crippen LogP contribution in [0.2, 0.25) is 0 Å². The van der Waals surface area contributed by atoms with Crippen LogP contribution in [0.15, 0.2) is 0 Å². The standard InChI is InChI=1S/C23H43NO5.H3N/c1-2-3-4-5-6-7-8-9-10-11-12-13-14-15-16-17-22(27)29-23(28)20(24)18-19-21(25)26;/h20H,2-19,24H2,1H3,(H,25,26);1H3. The van der Waals surface area contributed by atoms with Crippen LogP contribution in [0, 0.1) is 0 Å². The highest BCUT2D eigenvalue weighted by atomic mass is 16.6. The minimum absolute atomic E-state index is 0. The number of hydrogen-bond donors (Lipinski definition) is 3. The number of nitrogens with two attached hydrogens (primary N) is 1. The highest BCUT2D eigenvalue weighted by molar-refractivity contribution is 5.88. The fourth-order valence-corrected chi connectivity index (χ4v) is 3.28. The molecule has 0 heterocycles. The van der Waals surface area contributed by atoms with Gasteiger partial charge in [0.05, 0.1) is 0 Å². The van der Waals surface area contributed by atoms with Crippen LogP contribution in [-0.4, -0.2) is 29.1 Å². The minimum Gasteiger partial charge on any atom is -0.481 e. The largest absolute Gasteiger partial charge is 0.481 e. The van der Waals surface area contributed by atoms with Gasteiger partial charge in [-0.05, 0) is 12.8 Å². The zero-order valence-corrected chi connectivity index (χ0v) is 19.2. The summed E-state index contributed by atoms with van der Waals surface area (Å²) in [5.74, 6) is -2.44. The van der Waals surface area contributed by atoms with Crippen molar-refractivity contribution in [1.29, 1.82) is 0 Å². The summed E-state index contributed by atoms with van der Waals surface area (Å²) in [4.78, 5) is 33.6. The van der Waals surface area contributed by atoms with Crippen molar-refractivity contribution in [3.8, 4) is 0 Å². The second-order valence-electron chi connectivity index (χ2n) is 8.03. The third-order valence-electron chi connectivity index (χ3n) is 5.17. The maximum Gasteiger partial charge on any atom is 0.330 e. The lowest BCUT2D eigenvalue weighted by atomic mass is 10.0. The van der Waals surface area contributed by atoms with E-state index in [-0.39, 0.29) is 25.4 Å². The van der Waals surface area contributed by atoms with Crippen molar-refractivity contribution in [3.05, 3.63) is 0 Å². The fourth-order valence-electron chi connectivity index (χ4n) is 3.28. The number of aliphatic carboxylic acids is 1. The summed E-state index contributed by atoms with van der Waals surface area (Å²) in [6.45, 7) is 2.25. The third-order valence-corrected chi connectivity index (χ3v) is 5.17. The van der Waals surface area contributed by atoms with Gasteiger partial charge in [0.1, 0.15) is 6.04 Å². The summed E-state index contributed by atoms with van der Waals surface area (Å²) < 4.78 is 4.67. The molecule has 0 spiro atoms. The molecule has 0 aromatic rings. The summed E-state index contributed by atoms with van der Waals surface area (Å²) in [6, 6.07) is -1.06. The molecule has 1 unspecified atom stereocenters. The van der Waals surface area contributed by atoms with Gasteiger partial charge in [-0.15, -0.1) is 0 Å². The smallest absolute Gasteiger partial charge is 0.330 e. The van der Waals surface area contributed by atoms with Crippen molar-refractivity contribution < 1.29 is 24.2 Å². The molecule has 7 nitrogen and oxygen atoms in total. The highest BCUT2D eigenvalue weighted by Gasteiger charge is 2.19. The lowest BCUT2D eigenvalue weighted by Crippen LogP contribution is -2.34. The number of carboxylic acids is 1. The van der Waals surface area contributed by atoms with Crippen molar-refractivity contribution in [2.24, 2.45) is 5.73 Å². The zero-order chi connectivity index (χ0) is 21.7. The summed E-state index contributed by atoms with van der Waals surface area (Å²) in [6.07, 6.45) is 18.7. The molecule has 0 aromatic heterocycles. The van der Waals surface area contributed by atoms with Crippen molar-refractivity contribution in [3.63, 3.8) is 0 Å². The highest BCUT2D eigenvalue weighted by Crippen LogP contribution is 2.14. The van der Waals surface area contributed by atoms with E-state index in [1.165, 1.54) is 77.0 Å². The van der Waals surface area contributed by atoms with Crippen LogP contribution in [0.3, 0.4) is 0 Å². The van der Waals surface area contributed by atoms with Crippen molar-refractivity contribution in [2.45, 2.75) is 129 Å². The van der Waals surface area contributed by atoms with E-state index in [1.807, 2.05) is 0 Å². The molecule has 0 rings (SSSR count). The van der Waals surface area contributed by atoms with Crippen molar-refractivity contribution in [1.82, 2.24) is 6.15 Å². The molecule has 0 aliphatic carbocycles. The zero-order valence-electron chi connectivity index (χ0n) is 19.2. The number of ether oxygens (including phenoxy) is 1. The maximum atomic E-state index is 11.6. The van der Waals surface area contributed by atoms with E-state index in [4.69, 9.17) is 10.8 Å². The maximum absolute atomic E-state index is 11.6. The molecule has 30 heavy (non-hydrogen) atoms. The first kappa shape index (κ1) is 30.7. The van der Waals surface area contributed by atoms with Crippen LogP contribution in [0.5, 0.6) is 0 Å². The molecule has 7 heteroatoms. The van der Waals surface area contributed by atoms with E-state index in [0.717, 1.165) is 12.8 Å². The molecule has 0 aromatic carbocycles. The topological polar surface area (TPSA) is 142 Å². The third kappa shape index (κ3) is 21.2. The van der Waals surface area contributed by atoms with Crippen molar-refractivity contribution >= 4 is 17.9 Å². The summed E-state index contributed by atoms with van der Waals surface area (Å²) in [5.41, 5.74) is 5.51. The quantitative estimate of drug-likeness (QED) is 0.128. The first-order chi connectivity index (χ1) is 14.0. The molecule has 0 radical (unpaired) electrons. The normalized spacial score (nSPS) is 11.5. The number of esters is 2. The Labute approximate surface area is 183 Å². The van der Waals surface area contributed by atoms with Gasteiger partial charge in [-0.1, -0.05) is 96.8 Å². The van der Waals surface area contributed by atoms with Crippen molar-refractivity contribution in [2.75, 3.05) is 0 Å². The van der Waals surface area contributed by atoms with Crippen LogP contribution >= 0.6 is 0 Å². The monoisotopic (exact) mass is 430 g/mol. The fraction of sp³-hybridized carbons (Fsp3) is 0.870. The molecular formula is C23H46N2O5. The molecule has 0 bridgehead atoms. The van der Waals surface area contributed by atoms with Gasteiger partial charge in [0.15, 0.2) is 0 Å². The molecule has 0 aliphatic rings. The van der Waals surface area contributed by atoms with E-state index >= 15 is 0 Å². The SMILES string of the molecule is CCCCCCCCCCCCCCCCCC(=O)OC(=O)C(N)CCC(=O)O.N. The number of carbonyl (C=O) groups is 3. The van der Waals surface area contributed by atoms with Crippen LogP contribution in [0.25, 0.3) is 0 Å².